The van der Waals surface area contributed by atoms with E-state index in [2.05, 4.69) is 36.5 Å². The zero-order chi connectivity index (χ0) is 13.5. The Labute approximate surface area is 116 Å². The van der Waals surface area contributed by atoms with Crippen molar-refractivity contribution in [1.29, 1.82) is 0 Å². The normalized spacial score (nSPS) is 17.2. The number of nitrogens with one attached hydrogen (secondary N) is 1. The van der Waals surface area contributed by atoms with Crippen molar-refractivity contribution in [3.63, 3.8) is 0 Å². The van der Waals surface area contributed by atoms with Gasteiger partial charge in [-0.2, -0.15) is 0 Å². The number of hydrogen-bond acceptors (Lipinski definition) is 2. The Hall–Kier alpha value is -1.35. The Bertz CT molecular complexity index is 385. The van der Waals surface area contributed by atoms with Crippen molar-refractivity contribution in [3.8, 4) is 0 Å². The van der Waals surface area contributed by atoms with E-state index in [1.807, 2.05) is 11.0 Å². The third-order valence-corrected chi connectivity index (χ3v) is 3.70. The van der Waals surface area contributed by atoms with Crippen molar-refractivity contribution in [3.05, 3.63) is 35.9 Å². The first-order valence-corrected chi connectivity index (χ1v) is 7.31. The highest BCUT2D eigenvalue weighted by Gasteiger charge is 2.16. The standard InChI is InChI=1S/C16H24N2O/c1-14(12-15-8-4-2-5-9-15)17-13-16(19)18-10-6-3-7-11-18/h2,4-5,8-9,14,17H,3,6-7,10-13H2,1H3. The maximum absolute atomic E-state index is 12.0. The Morgan fingerprint density at radius 3 is 2.58 bits per heavy atom. The highest BCUT2D eigenvalue weighted by Crippen LogP contribution is 2.08. The predicted octanol–water partition coefficient (Wildman–Crippen LogP) is 2.22. The highest BCUT2D eigenvalue weighted by atomic mass is 16.2. The van der Waals surface area contributed by atoms with Gasteiger partial charge in [-0.1, -0.05) is 30.3 Å². The molecule has 1 aliphatic heterocycles. The van der Waals surface area contributed by atoms with Gasteiger partial charge in [0.15, 0.2) is 0 Å². The molecule has 0 bridgehead atoms. The van der Waals surface area contributed by atoms with Gasteiger partial charge in [-0.3, -0.25) is 4.79 Å². The van der Waals surface area contributed by atoms with Crippen molar-refractivity contribution in [1.82, 2.24) is 10.2 Å². The molecular weight excluding hydrogens is 236 g/mol. The molecule has 0 spiro atoms. The van der Waals surface area contributed by atoms with Gasteiger partial charge in [0.05, 0.1) is 6.54 Å². The lowest BCUT2D eigenvalue weighted by atomic mass is 10.1. The Balaban J connectivity index is 1.71. The summed E-state index contributed by atoms with van der Waals surface area (Å²) in [6.45, 7) is 4.48. The van der Waals surface area contributed by atoms with Crippen LogP contribution in [0.2, 0.25) is 0 Å². The second kappa shape index (κ2) is 7.29. The summed E-state index contributed by atoms with van der Waals surface area (Å²) in [6.07, 6.45) is 4.55. The second-order valence-corrected chi connectivity index (χ2v) is 5.41. The van der Waals surface area contributed by atoms with Crippen LogP contribution >= 0.6 is 0 Å². The van der Waals surface area contributed by atoms with E-state index >= 15 is 0 Å². The maximum Gasteiger partial charge on any atom is 0.236 e. The highest BCUT2D eigenvalue weighted by molar-refractivity contribution is 5.78. The zero-order valence-corrected chi connectivity index (χ0v) is 11.8. The van der Waals surface area contributed by atoms with Crippen LogP contribution in [0, 0.1) is 0 Å². The van der Waals surface area contributed by atoms with Crippen molar-refractivity contribution in [2.45, 2.75) is 38.6 Å². The van der Waals surface area contributed by atoms with E-state index in [-0.39, 0.29) is 5.91 Å². The minimum absolute atomic E-state index is 0.250. The van der Waals surface area contributed by atoms with Crippen molar-refractivity contribution >= 4 is 5.91 Å². The molecule has 1 aliphatic rings. The lowest BCUT2D eigenvalue weighted by Crippen LogP contribution is -2.43. The van der Waals surface area contributed by atoms with Crippen LogP contribution in [0.25, 0.3) is 0 Å². The summed E-state index contributed by atoms with van der Waals surface area (Å²) in [5, 5.41) is 3.34. The monoisotopic (exact) mass is 260 g/mol. The minimum Gasteiger partial charge on any atom is -0.342 e. The third kappa shape index (κ3) is 4.67. The third-order valence-electron chi connectivity index (χ3n) is 3.70. The number of amides is 1. The summed E-state index contributed by atoms with van der Waals surface area (Å²) in [7, 11) is 0. The quantitative estimate of drug-likeness (QED) is 0.880. The van der Waals surface area contributed by atoms with Crippen molar-refractivity contribution in [2.75, 3.05) is 19.6 Å². The number of likely N-dealkylation sites (tertiary alicyclic amines) is 1. The van der Waals surface area contributed by atoms with Gasteiger partial charge in [-0.25, -0.2) is 0 Å². The van der Waals surface area contributed by atoms with Crippen LogP contribution in [0.4, 0.5) is 0 Å². The van der Waals surface area contributed by atoms with Gasteiger partial charge >= 0.3 is 0 Å². The van der Waals surface area contributed by atoms with Crippen LogP contribution in [-0.2, 0) is 11.2 Å². The average Bonchev–Trinajstić information content (AvgIpc) is 2.47. The number of carbonyl (C=O) groups excluding carboxylic acids is 1. The molecule has 0 aromatic heterocycles. The molecule has 0 aliphatic carbocycles. The SMILES string of the molecule is CC(Cc1ccccc1)NCC(=O)N1CCCCC1. The molecule has 1 saturated heterocycles. The van der Waals surface area contributed by atoms with Crippen molar-refractivity contribution < 1.29 is 4.79 Å². The van der Waals surface area contributed by atoms with Crippen LogP contribution in [-0.4, -0.2) is 36.5 Å². The van der Waals surface area contributed by atoms with Gasteiger partial charge < -0.3 is 10.2 Å². The zero-order valence-electron chi connectivity index (χ0n) is 11.8. The van der Waals surface area contributed by atoms with Crippen molar-refractivity contribution in [2.24, 2.45) is 0 Å². The fourth-order valence-corrected chi connectivity index (χ4v) is 2.56. The van der Waals surface area contributed by atoms with Gasteiger partial charge in [0.1, 0.15) is 0 Å². The lowest BCUT2D eigenvalue weighted by molar-refractivity contribution is -0.131. The van der Waals surface area contributed by atoms with E-state index < -0.39 is 0 Å². The van der Waals surface area contributed by atoms with Gasteiger partial charge in [0.25, 0.3) is 0 Å². The smallest absolute Gasteiger partial charge is 0.236 e. The molecule has 3 heteroatoms. The molecule has 3 nitrogen and oxygen atoms in total. The molecule has 1 aromatic rings. The molecule has 1 unspecified atom stereocenters. The number of benzene rings is 1. The molecule has 0 saturated carbocycles. The maximum atomic E-state index is 12.0. The van der Waals surface area contributed by atoms with Crippen LogP contribution in [0.1, 0.15) is 31.7 Å². The summed E-state index contributed by atoms with van der Waals surface area (Å²) in [6, 6.07) is 10.7. The average molecular weight is 260 g/mol. The van der Waals surface area contributed by atoms with E-state index in [4.69, 9.17) is 0 Å². The molecule has 19 heavy (non-hydrogen) atoms. The summed E-state index contributed by atoms with van der Waals surface area (Å²) in [5.74, 6) is 0.250. The van der Waals surface area contributed by atoms with E-state index in [0.717, 1.165) is 32.4 Å². The first kappa shape index (κ1) is 14.1. The van der Waals surface area contributed by atoms with Crippen LogP contribution in [0.3, 0.4) is 0 Å². The summed E-state index contributed by atoms with van der Waals surface area (Å²) in [4.78, 5) is 14.0. The number of carbonyl (C=O) groups is 1. The Morgan fingerprint density at radius 1 is 1.21 bits per heavy atom. The number of piperidine rings is 1. The van der Waals surface area contributed by atoms with Gasteiger partial charge in [-0.05, 0) is 38.2 Å². The summed E-state index contributed by atoms with van der Waals surface area (Å²) >= 11 is 0. The Morgan fingerprint density at radius 2 is 1.89 bits per heavy atom. The summed E-state index contributed by atoms with van der Waals surface area (Å²) in [5.41, 5.74) is 1.31. The van der Waals surface area contributed by atoms with Crippen LogP contribution in [0.15, 0.2) is 30.3 Å². The number of rotatable bonds is 5. The molecular formula is C16H24N2O. The fraction of sp³-hybridized carbons (Fsp3) is 0.562. The van der Waals surface area contributed by atoms with E-state index in [0.29, 0.717) is 12.6 Å². The first-order valence-electron chi connectivity index (χ1n) is 7.31. The largest absolute Gasteiger partial charge is 0.342 e. The molecule has 1 N–H and O–H groups in total. The molecule has 0 radical (unpaired) electrons. The fourth-order valence-electron chi connectivity index (χ4n) is 2.56. The van der Waals surface area contributed by atoms with E-state index in [1.54, 1.807) is 0 Å². The van der Waals surface area contributed by atoms with Gasteiger partial charge in [0.2, 0.25) is 5.91 Å². The summed E-state index contributed by atoms with van der Waals surface area (Å²) < 4.78 is 0. The van der Waals surface area contributed by atoms with E-state index in [9.17, 15) is 4.79 Å². The van der Waals surface area contributed by atoms with Crippen LogP contribution in [0.5, 0.6) is 0 Å². The Kier molecular flexibility index (Phi) is 5.40. The number of hydrogen-bond donors (Lipinski definition) is 1. The van der Waals surface area contributed by atoms with Gasteiger partial charge in [0, 0.05) is 19.1 Å². The predicted molar refractivity (Wildman–Crippen MR) is 78.0 cm³/mol. The molecule has 104 valence electrons. The molecule has 1 atom stereocenters. The number of nitrogens with zero attached hydrogens (tertiary/aromatic N) is 1. The van der Waals surface area contributed by atoms with Crippen LogP contribution < -0.4 is 5.32 Å². The van der Waals surface area contributed by atoms with Gasteiger partial charge in [-0.15, -0.1) is 0 Å². The lowest BCUT2D eigenvalue weighted by Gasteiger charge is -2.27. The molecule has 1 heterocycles. The molecule has 1 amide bonds. The van der Waals surface area contributed by atoms with E-state index in [1.165, 1.54) is 12.0 Å². The minimum atomic E-state index is 0.250. The molecule has 1 fully saturated rings. The topological polar surface area (TPSA) is 32.3 Å². The molecule has 2 rings (SSSR count). The molecule has 1 aromatic carbocycles. The second-order valence-electron chi connectivity index (χ2n) is 5.41. The first-order chi connectivity index (χ1) is 9.25.